The Morgan fingerprint density at radius 1 is 0.944 bits per heavy atom. The Balaban J connectivity index is 1.86. The number of rotatable bonds is 1. The van der Waals surface area contributed by atoms with Crippen molar-refractivity contribution in [2.75, 3.05) is 26.2 Å². The number of likely N-dealkylation sites (tertiary alicyclic amines) is 1. The second kappa shape index (κ2) is 5.48. The van der Waals surface area contributed by atoms with Crippen LogP contribution in [0, 0.1) is 0 Å². The van der Waals surface area contributed by atoms with Crippen molar-refractivity contribution in [1.29, 1.82) is 0 Å². The molecule has 0 aliphatic carbocycles. The average Bonchev–Trinajstić information content (AvgIpc) is 2.27. The Bertz CT molecular complexity index is 256. The van der Waals surface area contributed by atoms with Crippen LogP contribution < -0.4 is 0 Å². The van der Waals surface area contributed by atoms with E-state index in [-0.39, 0.29) is 0 Å². The number of nitrogens with zero attached hydrogens (tertiary/aromatic N) is 2. The molecule has 0 radical (unpaired) electrons. The fraction of sp³-hybridized carbons (Fsp3) is 1.00. The zero-order valence-electron chi connectivity index (χ0n) is 12.8. The summed E-state index contributed by atoms with van der Waals surface area (Å²) in [6, 6.07) is 0.775. The molecule has 0 aromatic heterocycles. The Hall–Kier alpha value is -0.120. The Kier molecular flexibility index (Phi) is 4.35. The van der Waals surface area contributed by atoms with Crippen LogP contribution in [0.1, 0.15) is 47.5 Å². The SMILES string of the molecule is C[C@@H]1CN(C2CCN(C(C)(C)C)CC2)C[C@H](C)O1. The largest absolute Gasteiger partial charge is 0.373 e. The number of piperidine rings is 1. The number of hydrogen-bond donors (Lipinski definition) is 0. The predicted octanol–water partition coefficient (Wildman–Crippen LogP) is 2.36. The highest BCUT2D eigenvalue weighted by molar-refractivity contribution is 4.87. The lowest BCUT2D eigenvalue weighted by molar-refractivity contribution is -0.0886. The summed E-state index contributed by atoms with van der Waals surface area (Å²) in [4.78, 5) is 5.29. The maximum absolute atomic E-state index is 5.83. The molecule has 0 spiro atoms. The van der Waals surface area contributed by atoms with Gasteiger partial charge in [-0.3, -0.25) is 9.80 Å². The maximum atomic E-state index is 5.83. The summed E-state index contributed by atoms with van der Waals surface area (Å²) < 4.78 is 5.83. The third-order valence-corrected chi connectivity index (χ3v) is 4.38. The zero-order chi connectivity index (χ0) is 13.3. The number of hydrogen-bond acceptors (Lipinski definition) is 3. The Morgan fingerprint density at radius 3 is 1.89 bits per heavy atom. The highest BCUT2D eigenvalue weighted by Gasteiger charge is 2.32. The third-order valence-electron chi connectivity index (χ3n) is 4.38. The molecule has 2 fully saturated rings. The van der Waals surface area contributed by atoms with Crippen LogP contribution in [0.25, 0.3) is 0 Å². The van der Waals surface area contributed by atoms with Crippen molar-refractivity contribution in [2.45, 2.75) is 71.2 Å². The lowest BCUT2D eigenvalue weighted by atomic mass is 9.96. The van der Waals surface area contributed by atoms with E-state index < -0.39 is 0 Å². The molecule has 2 aliphatic heterocycles. The highest BCUT2D eigenvalue weighted by atomic mass is 16.5. The molecule has 18 heavy (non-hydrogen) atoms. The average molecular weight is 254 g/mol. The topological polar surface area (TPSA) is 15.7 Å². The van der Waals surface area contributed by atoms with Crippen LogP contribution >= 0.6 is 0 Å². The molecule has 0 amide bonds. The molecule has 0 saturated carbocycles. The van der Waals surface area contributed by atoms with E-state index in [1.54, 1.807) is 0 Å². The minimum absolute atomic E-state index is 0.330. The lowest BCUT2D eigenvalue weighted by Gasteiger charge is -2.46. The van der Waals surface area contributed by atoms with Crippen LogP contribution in [-0.2, 0) is 4.74 Å². The normalized spacial score (nSPS) is 33.8. The summed E-state index contributed by atoms with van der Waals surface area (Å²) in [5.74, 6) is 0. The van der Waals surface area contributed by atoms with Gasteiger partial charge < -0.3 is 4.74 Å². The molecule has 0 aromatic rings. The number of morpholine rings is 1. The van der Waals surface area contributed by atoms with E-state index in [0.717, 1.165) is 19.1 Å². The van der Waals surface area contributed by atoms with Crippen LogP contribution in [0.4, 0.5) is 0 Å². The summed E-state index contributed by atoms with van der Waals surface area (Å²) >= 11 is 0. The van der Waals surface area contributed by atoms with E-state index in [0.29, 0.717) is 17.7 Å². The standard InChI is InChI=1S/C15H30N2O/c1-12-10-16(11-13(2)18-12)14-6-8-17(9-7-14)15(3,4)5/h12-14H,6-11H2,1-5H3/t12-,13+. The van der Waals surface area contributed by atoms with E-state index >= 15 is 0 Å². The van der Waals surface area contributed by atoms with E-state index in [9.17, 15) is 0 Å². The van der Waals surface area contributed by atoms with Crippen molar-refractivity contribution in [3.63, 3.8) is 0 Å². The molecule has 0 unspecified atom stereocenters. The van der Waals surface area contributed by atoms with Gasteiger partial charge in [-0.1, -0.05) is 0 Å². The minimum Gasteiger partial charge on any atom is -0.373 e. The molecule has 2 aliphatic rings. The van der Waals surface area contributed by atoms with Crippen molar-refractivity contribution in [3.05, 3.63) is 0 Å². The van der Waals surface area contributed by atoms with Crippen molar-refractivity contribution >= 4 is 0 Å². The van der Waals surface area contributed by atoms with Crippen LogP contribution in [0.15, 0.2) is 0 Å². The molecule has 2 rings (SSSR count). The molecular weight excluding hydrogens is 224 g/mol. The first kappa shape index (κ1) is 14.3. The van der Waals surface area contributed by atoms with E-state index in [2.05, 4.69) is 44.4 Å². The van der Waals surface area contributed by atoms with Gasteiger partial charge in [0, 0.05) is 37.8 Å². The van der Waals surface area contributed by atoms with E-state index in [1.165, 1.54) is 25.9 Å². The van der Waals surface area contributed by atoms with Gasteiger partial charge in [0.15, 0.2) is 0 Å². The van der Waals surface area contributed by atoms with Gasteiger partial charge in [0.05, 0.1) is 12.2 Å². The highest BCUT2D eigenvalue weighted by Crippen LogP contribution is 2.25. The van der Waals surface area contributed by atoms with Crippen LogP contribution in [0.5, 0.6) is 0 Å². The summed E-state index contributed by atoms with van der Waals surface area (Å²) in [7, 11) is 0. The fourth-order valence-corrected chi connectivity index (χ4v) is 3.42. The molecule has 0 bridgehead atoms. The smallest absolute Gasteiger partial charge is 0.0678 e. The number of ether oxygens (including phenoxy) is 1. The van der Waals surface area contributed by atoms with Gasteiger partial charge >= 0.3 is 0 Å². The van der Waals surface area contributed by atoms with Gasteiger partial charge in [-0.2, -0.15) is 0 Å². The molecule has 3 nitrogen and oxygen atoms in total. The summed E-state index contributed by atoms with van der Waals surface area (Å²) in [6.07, 6.45) is 3.43. The van der Waals surface area contributed by atoms with Gasteiger partial charge in [-0.15, -0.1) is 0 Å². The van der Waals surface area contributed by atoms with E-state index in [4.69, 9.17) is 4.74 Å². The monoisotopic (exact) mass is 254 g/mol. The Morgan fingerprint density at radius 2 is 1.44 bits per heavy atom. The van der Waals surface area contributed by atoms with Gasteiger partial charge in [0.1, 0.15) is 0 Å². The lowest BCUT2D eigenvalue weighted by Crippen LogP contribution is -2.55. The van der Waals surface area contributed by atoms with E-state index in [1.807, 2.05) is 0 Å². The molecular formula is C15H30N2O. The second-order valence-corrected chi connectivity index (χ2v) is 7.10. The van der Waals surface area contributed by atoms with Gasteiger partial charge in [0.2, 0.25) is 0 Å². The molecule has 0 N–H and O–H groups in total. The van der Waals surface area contributed by atoms with Gasteiger partial charge in [-0.05, 0) is 47.5 Å². The minimum atomic E-state index is 0.330. The quantitative estimate of drug-likeness (QED) is 0.714. The van der Waals surface area contributed by atoms with Gasteiger partial charge in [0.25, 0.3) is 0 Å². The first-order valence-electron chi connectivity index (χ1n) is 7.51. The molecule has 2 heterocycles. The first-order valence-corrected chi connectivity index (χ1v) is 7.51. The first-order chi connectivity index (χ1) is 8.36. The molecule has 2 atom stereocenters. The van der Waals surface area contributed by atoms with Crippen LogP contribution in [-0.4, -0.2) is 59.8 Å². The van der Waals surface area contributed by atoms with Crippen molar-refractivity contribution < 1.29 is 4.74 Å². The van der Waals surface area contributed by atoms with Crippen molar-refractivity contribution in [2.24, 2.45) is 0 Å². The predicted molar refractivity (Wildman–Crippen MR) is 75.9 cm³/mol. The molecule has 0 aromatic carbocycles. The third kappa shape index (κ3) is 3.46. The molecule has 2 saturated heterocycles. The fourth-order valence-electron chi connectivity index (χ4n) is 3.42. The van der Waals surface area contributed by atoms with Crippen LogP contribution in [0.3, 0.4) is 0 Å². The van der Waals surface area contributed by atoms with Crippen molar-refractivity contribution in [1.82, 2.24) is 9.80 Å². The molecule has 3 heteroatoms. The molecule has 106 valence electrons. The van der Waals surface area contributed by atoms with Crippen molar-refractivity contribution in [3.8, 4) is 0 Å². The summed E-state index contributed by atoms with van der Waals surface area (Å²) in [5, 5.41) is 0. The zero-order valence-corrected chi connectivity index (χ0v) is 12.8. The second-order valence-electron chi connectivity index (χ2n) is 7.10. The maximum Gasteiger partial charge on any atom is 0.0678 e. The van der Waals surface area contributed by atoms with Gasteiger partial charge in [-0.25, -0.2) is 0 Å². The summed E-state index contributed by atoms with van der Waals surface area (Å²) in [5.41, 5.74) is 0.330. The summed E-state index contributed by atoms with van der Waals surface area (Å²) in [6.45, 7) is 16.1. The Labute approximate surface area is 112 Å². The van der Waals surface area contributed by atoms with Crippen LogP contribution in [0.2, 0.25) is 0 Å².